The lowest BCUT2D eigenvalue weighted by Gasteiger charge is -2.23. The van der Waals surface area contributed by atoms with Crippen molar-refractivity contribution >= 4 is 34.8 Å². The Labute approximate surface area is 149 Å². The number of thiophene rings is 1. The Hall–Kier alpha value is -2.67. The van der Waals surface area contributed by atoms with Crippen LogP contribution in [0.2, 0.25) is 0 Å². The van der Waals surface area contributed by atoms with Crippen molar-refractivity contribution in [2.45, 2.75) is 18.9 Å². The largest absolute Gasteiger partial charge is 0.465 e. The second-order valence-corrected chi connectivity index (χ2v) is 6.64. The molecular formula is C18H18N2O4S. The van der Waals surface area contributed by atoms with Gasteiger partial charge in [0.25, 0.3) is 5.91 Å². The first-order valence-corrected chi connectivity index (χ1v) is 8.82. The molecule has 3 rings (SSSR count). The molecule has 25 heavy (non-hydrogen) atoms. The molecule has 0 bridgehead atoms. The molecule has 0 aliphatic carbocycles. The standard InChI is InChI=1S/C18H18N2O4S/c1-24-18(23)12-6-8-13(9-7-12)19-16(21)14-4-2-10-20(14)17(22)15-5-3-11-25-15/h3,5-9,11,14H,2,4,10H2,1H3,(H,19,21)/t14-/m1/s1. The van der Waals surface area contributed by atoms with Gasteiger partial charge in [-0.3, -0.25) is 9.59 Å². The van der Waals surface area contributed by atoms with E-state index in [1.54, 1.807) is 35.2 Å². The highest BCUT2D eigenvalue weighted by atomic mass is 32.1. The smallest absolute Gasteiger partial charge is 0.337 e. The number of methoxy groups -OCH3 is 1. The summed E-state index contributed by atoms with van der Waals surface area (Å²) in [6.07, 6.45) is 1.44. The Morgan fingerprint density at radius 3 is 2.60 bits per heavy atom. The summed E-state index contributed by atoms with van der Waals surface area (Å²) in [6, 6.07) is 9.58. The Kier molecular flexibility index (Phi) is 5.14. The SMILES string of the molecule is COC(=O)c1ccc(NC(=O)[C@H]2CCCN2C(=O)c2cccs2)cc1. The molecule has 2 aromatic rings. The van der Waals surface area contributed by atoms with E-state index in [9.17, 15) is 14.4 Å². The highest BCUT2D eigenvalue weighted by molar-refractivity contribution is 7.12. The van der Waals surface area contributed by atoms with Crippen LogP contribution in [0.1, 0.15) is 32.9 Å². The van der Waals surface area contributed by atoms with Crippen molar-refractivity contribution in [1.82, 2.24) is 4.90 Å². The van der Waals surface area contributed by atoms with Crippen molar-refractivity contribution < 1.29 is 19.1 Å². The summed E-state index contributed by atoms with van der Waals surface area (Å²) >= 11 is 1.38. The van der Waals surface area contributed by atoms with Gasteiger partial charge in [-0.1, -0.05) is 6.07 Å². The molecule has 2 amide bonds. The first-order valence-electron chi connectivity index (χ1n) is 7.94. The highest BCUT2D eigenvalue weighted by Gasteiger charge is 2.34. The molecule has 1 N–H and O–H groups in total. The van der Waals surface area contributed by atoms with E-state index >= 15 is 0 Å². The lowest BCUT2D eigenvalue weighted by molar-refractivity contribution is -0.119. The van der Waals surface area contributed by atoms with Crippen LogP contribution >= 0.6 is 11.3 Å². The number of likely N-dealkylation sites (tertiary alicyclic amines) is 1. The zero-order chi connectivity index (χ0) is 17.8. The van der Waals surface area contributed by atoms with Crippen molar-refractivity contribution in [1.29, 1.82) is 0 Å². The number of amides is 2. The van der Waals surface area contributed by atoms with Gasteiger partial charge in [0.05, 0.1) is 17.6 Å². The first-order chi connectivity index (χ1) is 12.1. The van der Waals surface area contributed by atoms with Crippen molar-refractivity contribution in [2.75, 3.05) is 19.0 Å². The second-order valence-electron chi connectivity index (χ2n) is 5.69. The summed E-state index contributed by atoms with van der Waals surface area (Å²) in [7, 11) is 1.32. The number of ether oxygens (including phenoxy) is 1. The maximum atomic E-state index is 12.6. The molecule has 6 nitrogen and oxygen atoms in total. The number of benzene rings is 1. The van der Waals surface area contributed by atoms with Crippen LogP contribution in [0.25, 0.3) is 0 Å². The minimum absolute atomic E-state index is 0.103. The monoisotopic (exact) mass is 358 g/mol. The molecule has 1 aliphatic heterocycles. The number of carbonyl (C=O) groups is 3. The van der Waals surface area contributed by atoms with Crippen LogP contribution in [0.5, 0.6) is 0 Å². The fraction of sp³-hybridized carbons (Fsp3) is 0.278. The van der Waals surface area contributed by atoms with Crippen LogP contribution in [0.4, 0.5) is 5.69 Å². The summed E-state index contributed by atoms with van der Waals surface area (Å²) in [5.74, 6) is -0.747. The van der Waals surface area contributed by atoms with Crippen molar-refractivity contribution in [3.63, 3.8) is 0 Å². The third kappa shape index (κ3) is 3.71. The molecule has 1 aromatic carbocycles. The van der Waals surface area contributed by atoms with Gasteiger partial charge in [-0.05, 0) is 48.6 Å². The molecule has 0 unspecified atom stereocenters. The number of anilines is 1. The van der Waals surface area contributed by atoms with E-state index in [1.165, 1.54) is 18.4 Å². The third-order valence-electron chi connectivity index (χ3n) is 4.12. The van der Waals surface area contributed by atoms with Gasteiger partial charge in [0, 0.05) is 12.2 Å². The van der Waals surface area contributed by atoms with E-state index in [0.29, 0.717) is 29.1 Å². The van der Waals surface area contributed by atoms with Gasteiger partial charge in [-0.15, -0.1) is 11.3 Å². The number of hydrogen-bond acceptors (Lipinski definition) is 5. The number of rotatable bonds is 4. The van der Waals surface area contributed by atoms with Crippen molar-refractivity contribution in [3.8, 4) is 0 Å². The maximum Gasteiger partial charge on any atom is 0.337 e. The van der Waals surface area contributed by atoms with E-state index in [0.717, 1.165) is 6.42 Å². The van der Waals surface area contributed by atoms with Gasteiger partial charge < -0.3 is 15.0 Å². The van der Waals surface area contributed by atoms with Crippen LogP contribution in [0, 0.1) is 0 Å². The van der Waals surface area contributed by atoms with E-state index in [2.05, 4.69) is 10.1 Å². The molecule has 0 saturated carbocycles. The number of carbonyl (C=O) groups excluding carboxylic acids is 3. The Morgan fingerprint density at radius 1 is 1.20 bits per heavy atom. The zero-order valence-electron chi connectivity index (χ0n) is 13.7. The van der Waals surface area contributed by atoms with Gasteiger partial charge in [0.2, 0.25) is 5.91 Å². The summed E-state index contributed by atoms with van der Waals surface area (Å²) in [6.45, 7) is 0.579. The predicted octanol–water partition coefficient (Wildman–Crippen LogP) is 2.78. The minimum atomic E-state index is -0.477. The molecule has 1 fully saturated rings. The fourth-order valence-electron chi connectivity index (χ4n) is 2.86. The summed E-state index contributed by atoms with van der Waals surface area (Å²) in [5.41, 5.74) is 0.990. The van der Waals surface area contributed by atoms with Crippen LogP contribution in [0.15, 0.2) is 41.8 Å². The van der Waals surface area contributed by atoms with Crippen LogP contribution in [-0.4, -0.2) is 42.4 Å². The second kappa shape index (κ2) is 7.48. The van der Waals surface area contributed by atoms with Crippen LogP contribution in [0.3, 0.4) is 0 Å². The lowest BCUT2D eigenvalue weighted by Crippen LogP contribution is -2.42. The van der Waals surface area contributed by atoms with E-state index < -0.39 is 12.0 Å². The summed E-state index contributed by atoms with van der Waals surface area (Å²) < 4.78 is 4.64. The molecule has 130 valence electrons. The average Bonchev–Trinajstić information content (AvgIpc) is 3.32. The molecule has 0 spiro atoms. The Bertz CT molecular complexity index is 771. The minimum Gasteiger partial charge on any atom is -0.465 e. The first kappa shape index (κ1) is 17.2. The van der Waals surface area contributed by atoms with E-state index in [1.807, 2.05) is 11.4 Å². The zero-order valence-corrected chi connectivity index (χ0v) is 14.5. The van der Waals surface area contributed by atoms with Gasteiger partial charge in [0.15, 0.2) is 0 Å². The van der Waals surface area contributed by atoms with Gasteiger partial charge in [-0.25, -0.2) is 4.79 Å². The molecule has 1 atom stereocenters. The van der Waals surface area contributed by atoms with Gasteiger partial charge >= 0.3 is 5.97 Å². The quantitative estimate of drug-likeness (QED) is 0.853. The Balaban J connectivity index is 1.67. The summed E-state index contributed by atoms with van der Waals surface area (Å²) in [5, 5.41) is 4.67. The summed E-state index contributed by atoms with van der Waals surface area (Å²) in [4.78, 5) is 38.8. The molecule has 0 radical (unpaired) electrons. The van der Waals surface area contributed by atoms with Crippen LogP contribution < -0.4 is 5.32 Å². The fourth-order valence-corrected chi connectivity index (χ4v) is 3.54. The topological polar surface area (TPSA) is 75.7 Å². The number of nitrogens with zero attached hydrogens (tertiary/aromatic N) is 1. The van der Waals surface area contributed by atoms with Crippen LogP contribution in [-0.2, 0) is 9.53 Å². The molecular weight excluding hydrogens is 340 g/mol. The molecule has 7 heteroatoms. The molecule has 2 heterocycles. The van der Waals surface area contributed by atoms with Crippen molar-refractivity contribution in [3.05, 3.63) is 52.2 Å². The normalized spacial score (nSPS) is 16.5. The predicted molar refractivity (Wildman–Crippen MR) is 94.8 cm³/mol. The van der Waals surface area contributed by atoms with Gasteiger partial charge in [-0.2, -0.15) is 0 Å². The van der Waals surface area contributed by atoms with Crippen molar-refractivity contribution in [2.24, 2.45) is 0 Å². The molecule has 1 aromatic heterocycles. The number of nitrogens with one attached hydrogen (secondary N) is 1. The average molecular weight is 358 g/mol. The lowest BCUT2D eigenvalue weighted by atomic mass is 10.1. The number of hydrogen-bond donors (Lipinski definition) is 1. The maximum absolute atomic E-state index is 12.6. The number of esters is 1. The molecule has 1 aliphatic rings. The molecule has 1 saturated heterocycles. The highest BCUT2D eigenvalue weighted by Crippen LogP contribution is 2.23. The van der Waals surface area contributed by atoms with E-state index in [-0.39, 0.29) is 11.8 Å². The van der Waals surface area contributed by atoms with E-state index in [4.69, 9.17) is 0 Å². The third-order valence-corrected chi connectivity index (χ3v) is 4.98. The Morgan fingerprint density at radius 2 is 1.96 bits per heavy atom. The van der Waals surface area contributed by atoms with Gasteiger partial charge in [0.1, 0.15) is 6.04 Å².